The van der Waals surface area contributed by atoms with E-state index in [9.17, 15) is 14.4 Å². The number of hydrogen-bond donors (Lipinski definition) is 1. The summed E-state index contributed by atoms with van der Waals surface area (Å²) in [6, 6.07) is 8.84. The van der Waals surface area contributed by atoms with Gasteiger partial charge in [0.2, 0.25) is 11.8 Å². The molecular formula is C17H22N2O4. The zero-order valence-electron chi connectivity index (χ0n) is 13.5. The fourth-order valence-electron chi connectivity index (χ4n) is 2.64. The number of carbonyl (C=O) groups is 3. The highest BCUT2D eigenvalue weighted by atomic mass is 16.5. The Morgan fingerprint density at radius 3 is 2.61 bits per heavy atom. The largest absolute Gasteiger partial charge is 0.385 e. The molecule has 2 amide bonds. The van der Waals surface area contributed by atoms with Gasteiger partial charge in [0.25, 0.3) is 0 Å². The van der Waals surface area contributed by atoms with Crippen LogP contribution in [0.5, 0.6) is 0 Å². The maximum Gasteiger partial charge on any atom is 0.243 e. The third-order valence-corrected chi connectivity index (χ3v) is 3.98. The zero-order chi connectivity index (χ0) is 16.8. The molecule has 2 rings (SSSR count). The van der Waals surface area contributed by atoms with Gasteiger partial charge < -0.3 is 15.0 Å². The van der Waals surface area contributed by atoms with Gasteiger partial charge in [0, 0.05) is 26.8 Å². The molecule has 0 radical (unpaired) electrons. The lowest BCUT2D eigenvalue weighted by Crippen LogP contribution is -2.39. The van der Waals surface area contributed by atoms with Crippen LogP contribution in [-0.4, -0.2) is 48.8 Å². The van der Waals surface area contributed by atoms with Crippen molar-refractivity contribution < 1.29 is 19.1 Å². The SMILES string of the molecule is COCCCNC(=O)C1C(=O)C(C)N(Cc2ccccc2)C1=O. The lowest BCUT2D eigenvalue weighted by Gasteiger charge is -2.20. The summed E-state index contributed by atoms with van der Waals surface area (Å²) < 4.78 is 4.90. The molecule has 23 heavy (non-hydrogen) atoms. The second kappa shape index (κ2) is 7.87. The molecule has 1 aliphatic rings. The number of carbonyl (C=O) groups excluding carboxylic acids is 3. The van der Waals surface area contributed by atoms with Gasteiger partial charge in [-0.25, -0.2) is 0 Å². The van der Waals surface area contributed by atoms with Crippen LogP contribution >= 0.6 is 0 Å². The van der Waals surface area contributed by atoms with E-state index in [0.717, 1.165) is 5.56 Å². The molecule has 124 valence electrons. The number of nitrogens with zero attached hydrogens (tertiary/aromatic N) is 1. The number of ether oxygens (including phenoxy) is 1. The Bertz CT molecular complexity index is 573. The van der Waals surface area contributed by atoms with E-state index < -0.39 is 23.8 Å². The molecule has 0 saturated carbocycles. The van der Waals surface area contributed by atoms with Crippen molar-refractivity contribution in [3.05, 3.63) is 35.9 Å². The highest BCUT2D eigenvalue weighted by Gasteiger charge is 2.48. The monoisotopic (exact) mass is 318 g/mol. The standard InChI is InChI=1S/C17H22N2O4/c1-12-15(20)14(16(21)18-9-6-10-23-2)17(22)19(12)11-13-7-4-3-5-8-13/h3-5,7-8,12,14H,6,9-11H2,1-2H3,(H,18,21). The van der Waals surface area contributed by atoms with Gasteiger partial charge in [-0.05, 0) is 18.9 Å². The number of benzene rings is 1. The summed E-state index contributed by atoms with van der Waals surface area (Å²) in [6.07, 6.45) is 0.640. The maximum atomic E-state index is 12.5. The Hall–Kier alpha value is -2.21. The van der Waals surface area contributed by atoms with Crippen molar-refractivity contribution in [2.24, 2.45) is 5.92 Å². The molecular weight excluding hydrogens is 296 g/mol. The molecule has 1 N–H and O–H groups in total. The molecule has 2 atom stereocenters. The van der Waals surface area contributed by atoms with Gasteiger partial charge in [0.1, 0.15) is 0 Å². The second-order valence-corrected chi connectivity index (χ2v) is 5.60. The fraction of sp³-hybridized carbons (Fsp3) is 0.471. The molecule has 1 fully saturated rings. The first-order chi connectivity index (χ1) is 11.1. The van der Waals surface area contributed by atoms with Crippen LogP contribution in [0.2, 0.25) is 0 Å². The van der Waals surface area contributed by atoms with E-state index in [1.54, 1.807) is 14.0 Å². The summed E-state index contributed by atoms with van der Waals surface area (Å²) in [5.41, 5.74) is 0.932. The molecule has 6 nitrogen and oxygen atoms in total. The number of nitrogens with one attached hydrogen (secondary N) is 1. The van der Waals surface area contributed by atoms with Gasteiger partial charge in [0.15, 0.2) is 11.7 Å². The van der Waals surface area contributed by atoms with Gasteiger partial charge in [-0.1, -0.05) is 30.3 Å². The molecule has 1 aromatic carbocycles. The van der Waals surface area contributed by atoms with Crippen LogP contribution < -0.4 is 5.32 Å². The van der Waals surface area contributed by atoms with Crippen molar-refractivity contribution in [3.8, 4) is 0 Å². The first-order valence-corrected chi connectivity index (χ1v) is 7.71. The van der Waals surface area contributed by atoms with Crippen LogP contribution in [0.15, 0.2) is 30.3 Å². The van der Waals surface area contributed by atoms with Crippen molar-refractivity contribution in [2.45, 2.75) is 25.9 Å². The van der Waals surface area contributed by atoms with Crippen LogP contribution in [0.1, 0.15) is 18.9 Å². The highest BCUT2D eigenvalue weighted by molar-refractivity contribution is 6.23. The number of hydrogen-bond acceptors (Lipinski definition) is 4. The third kappa shape index (κ3) is 3.96. The number of rotatable bonds is 7. The molecule has 6 heteroatoms. The molecule has 0 bridgehead atoms. The van der Waals surface area contributed by atoms with E-state index in [2.05, 4.69) is 5.32 Å². The van der Waals surface area contributed by atoms with E-state index >= 15 is 0 Å². The summed E-state index contributed by atoms with van der Waals surface area (Å²) in [6.45, 7) is 2.90. The first kappa shape index (κ1) is 17.1. The lowest BCUT2D eigenvalue weighted by molar-refractivity contribution is -0.140. The van der Waals surface area contributed by atoms with Crippen LogP contribution in [0, 0.1) is 5.92 Å². The van der Waals surface area contributed by atoms with Gasteiger partial charge in [-0.3, -0.25) is 14.4 Å². The molecule has 0 spiro atoms. The van der Waals surface area contributed by atoms with Crippen molar-refractivity contribution in [3.63, 3.8) is 0 Å². The number of methoxy groups -OCH3 is 1. The maximum absolute atomic E-state index is 12.5. The first-order valence-electron chi connectivity index (χ1n) is 7.71. The van der Waals surface area contributed by atoms with Crippen molar-refractivity contribution >= 4 is 17.6 Å². The zero-order valence-corrected chi connectivity index (χ0v) is 13.5. The van der Waals surface area contributed by atoms with Crippen molar-refractivity contribution in [1.29, 1.82) is 0 Å². The average Bonchev–Trinajstić information content (AvgIpc) is 2.76. The average molecular weight is 318 g/mol. The van der Waals surface area contributed by atoms with Crippen molar-refractivity contribution in [1.82, 2.24) is 10.2 Å². The number of Topliss-reactive ketones (excluding diaryl/α,β-unsaturated/α-hetero) is 1. The molecule has 2 unspecified atom stereocenters. The highest BCUT2D eigenvalue weighted by Crippen LogP contribution is 2.23. The Morgan fingerprint density at radius 2 is 1.96 bits per heavy atom. The topological polar surface area (TPSA) is 75.7 Å². The minimum absolute atomic E-state index is 0.333. The van der Waals surface area contributed by atoms with Gasteiger partial charge >= 0.3 is 0 Å². The van der Waals surface area contributed by atoms with Crippen molar-refractivity contribution in [2.75, 3.05) is 20.3 Å². The van der Waals surface area contributed by atoms with Crippen LogP contribution in [0.25, 0.3) is 0 Å². The number of amides is 2. The summed E-state index contributed by atoms with van der Waals surface area (Å²) in [7, 11) is 1.58. The minimum atomic E-state index is -1.23. The predicted molar refractivity (Wildman–Crippen MR) is 84.5 cm³/mol. The Kier molecular flexibility index (Phi) is 5.87. The van der Waals surface area contributed by atoms with E-state index in [-0.39, 0.29) is 5.78 Å². The molecule has 1 aliphatic heterocycles. The minimum Gasteiger partial charge on any atom is -0.385 e. The van der Waals surface area contributed by atoms with E-state index in [1.807, 2.05) is 30.3 Å². The predicted octanol–water partition coefficient (Wildman–Crippen LogP) is 0.755. The molecule has 0 aromatic heterocycles. The summed E-state index contributed by atoms with van der Waals surface area (Å²) >= 11 is 0. The van der Waals surface area contributed by atoms with E-state index in [1.165, 1.54) is 4.90 Å². The van der Waals surface area contributed by atoms with E-state index in [4.69, 9.17) is 4.74 Å². The number of likely N-dealkylation sites (tertiary alicyclic amines) is 1. The summed E-state index contributed by atoms with van der Waals surface area (Å²) in [5.74, 6) is -2.50. The van der Waals surface area contributed by atoms with Gasteiger partial charge in [-0.15, -0.1) is 0 Å². The van der Waals surface area contributed by atoms with Gasteiger partial charge in [0.05, 0.1) is 6.04 Å². The Balaban J connectivity index is 2.01. The van der Waals surface area contributed by atoms with Crippen LogP contribution in [-0.2, 0) is 25.7 Å². The van der Waals surface area contributed by atoms with E-state index in [0.29, 0.717) is 26.1 Å². The van der Waals surface area contributed by atoms with Gasteiger partial charge in [-0.2, -0.15) is 0 Å². The molecule has 0 aliphatic carbocycles. The summed E-state index contributed by atoms with van der Waals surface area (Å²) in [4.78, 5) is 38.4. The smallest absolute Gasteiger partial charge is 0.243 e. The summed E-state index contributed by atoms with van der Waals surface area (Å²) in [5, 5.41) is 2.64. The third-order valence-electron chi connectivity index (χ3n) is 3.98. The molecule has 1 aromatic rings. The quantitative estimate of drug-likeness (QED) is 0.595. The Morgan fingerprint density at radius 1 is 1.26 bits per heavy atom. The van der Waals surface area contributed by atoms with Crippen LogP contribution in [0.4, 0.5) is 0 Å². The number of ketones is 1. The molecule has 1 saturated heterocycles. The van der Waals surface area contributed by atoms with Crippen LogP contribution in [0.3, 0.4) is 0 Å². The molecule has 1 heterocycles. The lowest BCUT2D eigenvalue weighted by atomic mass is 10.0. The second-order valence-electron chi connectivity index (χ2n) is 5.60. The normalized spacial score (nSPS) is 20.9. The Labute approximate surface area is 135 Å². The fourth-order valence-corrected chi connectivity index (χ4v) is 2.64.